The molecule has 1 unspecified atom stereocenters. The molecule has 0 radical (unpaired) electrons. The maximum atomic E-state index is 12.8. The number of ether oxygens (including phenoxy) is 1. The van der Waals surface area contributed by atoms with Crippen LogP contribution in [0.2, 0.25) is 0 Å². The van der Waals surface area contributed by atoms with Gasteiger partial charge in [0, 0.05) is 18.3 Å². The van der Waals surface area contributed by atoms with E-state index in [1.807, 2.05) is 18.2 Å². The van der Waals surface area contributed by atoms with Gasteiger partial charge < -0.3 is 20.3 Å². The fraction of sp³-hybridized carbons (Fsp3) is 0.250. The molecular formula is C16H18FNO3. The molecule has 0 saturated carbocycles. The van der Waals surface area contributed by atoms with Crippen LogP contribution in [0.1, 0.15) is 5.56 Å². The van der Waals surface area contributed by atoms with Crippen molar-refractivity contribution in [3.05, 3.63) is 59.9 Å². The zero-order valence-electron chi connectivity index (χ0n) is 11.5. The molecule has 0 aliphatic heterocycles. The Morgan fingerprint density at radius 3 is 2.62 bits per heavy atom. The first-order chi connectivity index (χ1) is 10.2. The molecule has 2 aromatic carbocycles. The lowest BCUT2D eigenvalue weighted by Gasteiger charge is -2.12. The third-order valence-corrected chi connectivity index (χ3v) is 2.91. The Labute approximate surface area is 122 Å². The fourth-order valence-electron chi connectivity index (χ4n) is 1.74. The summed E-state index contributed by atoms with van der Waals surface area (Å²) in [6.07, 6.45) is -0.797. The highest BCUT2D eigenvalue weighted by molar-refractivity contribution is 5.48. The van der Waals surface area contributed by atoms with Gasteiger partial charge in [-0.25, -0.2) is 4.39 Å². The van der Waals surface area contributed by atoms with Crippen LogP contribution in [0.3, 0.4) is 0 Å². The van der Waals surface area contributed by atoms with Gasteiger partial charge in [0.15, 0.2) is 0 Å². The zero-order chi connectivity index (χ0) is 15.1. The van der Waals surface area contributed by atoms with E-state index in [-0.39, 0.29) is 19.0 Å². The summed E-state index contributed by atoms with van der Waals surface area (Å²) in [5.41, 5.74) is 1.67. The van der Waals surface area contributed by atoms with Crippen molar-refractivity contribution in [2.45, 2.75) is 12.7 Å². The second kappa shape index (κ2) is 7.61. The van der Waals surface area contributed by atoms with Crippen molar-refractivity contribution < 1.29 is 19.3 Å². The van der Waals surface area contributed by atoms with E-state index in [1.54, 1.807) is 18.2 Å². The molecule has 112 valence electrons. The number of hydrogen-bond acceptors (Lipinski definition) is 4. The average Bonchev–Trinajstić information content (AvgIpc) is 2.52. The van der Waals surface area contributed by atoms with Crippen LogP contribution in [0.5, 0.6) is 5.75 Å². The van der Waals surface area contributed by atoms with Crippen LogP contribution in [0, 0.1) is 5.82 Å². The number of halogens is 1. The lowest BCUT2D eigenvalue weighted by Crippen LogP contribution is -2.22. The van der Waals surface area contributed by atoms with Crippen LogP contribution in [0.15, 0.2) is 48.5 Å². The number of nitrogens with one attached hydrogen (secondary N) is 1. The quantitative estimate of drug-likeness (QED) is 0.731. The van der Waals surface area contributed by atoms with Crippen molar-refractivity contribution in [3.8, 4) is 5.75 Å². The average molecular weight is 291 g/mol. The normalized spacial score (nSPS) is 12.0. The predicted molar refractivity (Wildman–Crippen MR) is 78.8 cm³/mol. The highest BCUT2D eigenvalue weighted by Crippen LogP contribution is 2.18. The van der Waals surface area contributed by atoms with Crippen molar-refractivity contribution in [2.24, 2.45) is 0 Å². The zero-order valence-corrected chi connectivity index (χ0v) is 11.5. The largest absolute Gasteiger partial charge is 0.489 e. The van der Waals surface area contributed by atoms with Crippen LogP contribution < -0.4 is 10.1 Å². The minimum Gasteiger partial charge on any atom is -0.489 e. The standard InChI is InChI=1S/C16H18FNO3/c17-13-6-4-12(5-7-13)11-21-16-3-1-2-14(8-16)18-9-15(20)10-19/h1-8,15,18-20H,9-11H2. The highest BCUT2D eigenvalue weighted by Gasteiger charge is 2.02. The molecule has 3 N–H and O–H groups in total. The summed E-state index contributed by atoms with van der Waals surface area (Å²) in [5.74, 6) is 0.398. The van der Waals surface area contributed by atoms with E-state index in [0.717, 1.165) is 11.3 Å². The van der Waals surface area contributed by atoms with Crippen molar-refractivity contribution in [1.82, 2.24) is 0 Å². The Morgan fingerprint density at radius 1 is 1.14 bits per heavy atom. The van der Waals surface area contributed by atoms with Crippen LogP contribution >= 0.6 is 0 Å². The molecule has 0 heterocycles. The van der Waals surface area contributed by atoms with Gasteiger partial charge in [-0.1, -0.05) is 18.2 Å². The molecule has 0 aliphatic carbocycles. The molecule has 2 rings (SSSR count). The minimum atomic E-state index is -0.797. The Morgan fingerprint density at radius 2 is 1.90 bits per heavy atom. The van der Waals surface area contributed by atoms with E-state index in [0.29, 0.717) is 12.4 Å². The van der Waals surface area contributed by atoms with Gasteiger partial charge in [-0.2, -0.15) is 0 Å². The van der Waals surface area contributed by atoms with Gasteiger partial charge >= 0.3 is 0 Å². The number of aliphatic hydroxyl groups excluding tert-OH is 2. The van der Waals surface area contributed by atoms with E-state index in [2.05, 4.69) is 5.32 Å². The molecular weight excluding hydrogens is 273 g/mol. The molecule has 0 spiro atoms. The van der Waals surface area contributed by atoms with E-state index in [1.165, 1.54) is 12.1 Å². The third kappa shape index (κ3) is 5.06. The fourth-order valence-corrected chi connectivity index (χ4v) is 1.74. The summed E-state index contributed by atoms with van der Waals surface area (Å²) in [4.78, 5) is 0. The van der Waals surface area contributed by atoms with Gasteiger partial charge in [-0.3, -0.25) is 0 Å². The van der Waals surface area contributed by atoms with Crippen molar-refractivity contribution in [2.75, 3.05) is 18.5 Å². The van der Waals surface area contributed by atoms with E-state index >= 15 is 0 Å². The van der Waals surface area contributed by atoms with Gasteiger partial charge in [0.25, 0.3) is 0 Å². The molecule has 4 nitrogen and oxygen atoms in total. The number of aliphatic hydroxyl groups is 2. The lowest BCUT2D eigenvalue weighted by atomic mass is 10.2. The summed E-state index contributed by atoms with van der Waals surface area (Å²) in [7, 11) is 0. The third-order valence-electron chi connectivity index (χ3n) is 2.91. The monoisotopic (exact) mass is 291 g/mol. The van der Waals surface area contributed by atoms with Gasteiger partial charge in [0.2, 0.25) is 0 Å². The van der Waals surface area contributed by atoms with E-state index < -0.39 is 6.10 Å². The SMILES string of the molecule is OCC(O)CNc1cccc(OCc2ccc(F)cc2)c1. The molecule has 0 aliphatic rings. The van der Waals surface area contributed by atoms with Gasteiger partial charge in [-0.05, 0) is 29.8 Å². The first-order valence-electron chi connectivity index (χ1n) is 6.67. The van der Waals surface area contributed by atoms with Crippen molar-refractivity contribution >= 4 is 5.69 Å². The van der Waals surface area contributed by atoms with Crippen LogP contribution in [0.25, 0.3) is 0 Å². The molecule has 0 amide bonds. The Bertz CT molecular complexity index is 560. The summed E-state index contributed by atoms with van der Waals surface area (Å²) < 4.78 is 18.4. The molecule has 1 atom stereocenters. The first-order valence-corrected chi connectivity index (χ1v) is 6.67. The Hall–Kier alpha value is -2.11. The summed E-state index contributed by atoms with van der Waals surface area (Å²) in [6.45, 7) is 0.328. The summed E-state index contributed by atoms with van der Waals surface area (Å²) in [5, 5.41) is 21.0. The Kier molecular flexibility index (Phi) is 5.54. The minimum absolute atomic E-state index is 0.262. The van der Waals surface area contributed by atoms with Gasteiger partial charge in [0.05, 0.1) is 12.7 Å². The van der Waals surface area contributed by atoms with Gasteiger partial charge in [0.1, 0.15) is 18.2 Å². The number of hydrogen-bond donors (Lipinski definition) is 3. The molecule has 5 heteroatoms. The van der Waals surface area contributed by atoms with Crippen molar-refractivity contribution in [1.29, 1.82) is 0 Å². The second-order valence-corrected chi connectivity index (χ2v) is 4.66. The number of rotatable bonds is 7. The van der Waals surface area contributed by atoms with Crippen LogP contribution in [-0.4, -0.2) is 29.5 Å². The smallest absolute Gasteiger partial charge is 0.123 e. The lowest BCUT2D eigenvalue weighted by molar-refractivity contribution is 0.105. The Balaban J connectivity index is 1.90. The van der Waals surface area contributed by atoms with Crippen LogP contribution in [-0.2, 0) is 6.61 Å². The molecule has 2 aromatic rings. The molecule has 0 aromatic heterocycles. The first kappa shape index (κ1) is 15.3. The molecule has 0 saturated heterocycles. The molecule has 21 heavy (non-hydrogen) atoms. The van der Waals surface area contributed by atoms with Crippen LogP contribution in [0.4, 0.5) is 10.1 Å². The summed E-state index contributed by atoms with van der Waals surface area (Å²) >= 11 is 0. The molecule has 0 fully saturated rings. The topological polar surface area (TPSA) is 61.7 Å². The maximum absolute atomic E-state index is 12.8. The predicted octanol–water partition coefficient (Wildman–Crippen LogP) is 2.17. The second-order valence-electron chi connectivity index (χ2n) is 4.66. The highest BCUT2D eigenvalue weighted by atomic mass is 19.1. The number of benzene rings is 2. The maximum Gasteiger partial charge on any atom is 0.123 e. The van der Waals surface area contributed by atoms with Gasteiger partial charge in [-0.15, -0.1) is 0 Å². The van der Waals surface area contributed by atoms with E-state index in [9.17, 15) is 9.50 Å². The van der Waals surface area contributed by atoms with E-state index in [4.69, 9.17) is 9.84 Å². The number of anilines is 1. The summed E-state index contributed by atoms with van der Waals surface area (Å²) in [6, 6.07) is 13.4. The van der Waals surface area contributed by atoms with Crippen molar-refractivity contribution in [3.63, 3.8) is 0 Å². The molecule has 0 bridgehead atoms.